The van der Waals surface area contributed by atoms with Gasteiger partial charge in [0.2, 0.25) is 0 Å². The van der Waals surface area contributed by atoms with Gasteiger partial charge in [0.15, 0.2) is 0 Å². The zero-order valence-electron chi connectivity index (χ0n) is 8.03. The summed E-state index contributed by atoms with van der Waals surface area (Å²) < 4.78 is 0. The van der Waals surface area contributed by atoms with E-state index in [-0.39, 0.29) is 16.7 Å². The van der Waals surface area contributed by atoms with E-state index in [1.54, 1.807) is 0 Å². The maximum absolute atomic E-state index is 10.8. The third-order valence-corrected chi connectivity index (χ3v) is 2.07. The van der Waals surface area contributed by atoms with E-state index in [0.29, 0.717) is 5.33 Å². The molecule has 0 heterocycles. The van der Waals surface area contributed by atoms with Crippen molar-refractivity contribution >= 4 is 27.9 Å². The molecular formula is C11H7BrO4. The first kappa shape index (κ1) is 12.3. The van der Waals surface area contributed by atoms with Crippen LogP contribution < -0.4 is 0 Å². The van der Waals surface area contributed by atoms with Crippen molar-refractivity contribution in [2.45, 2.75) is 0 Å². The summed E-state index contributed by atoms with van der Waals surface area (Å²) in [6.45, 7) is 0. The van der Waals surface area contributed by atoms with Crippen molar-refractivity contribution in [3.8, 4) is 11.8 Å². The molecule has 1 aromatic carbocycles. The van der Waals surface area contributed by atoms with E-state index in [4.69, 9.17) is 10.2 Å². The zero-order valence-corrected chi connectivity index (χ0v) is 9.61. The van der Waals surface area contributed by atoms with Gasteiger partial charge in [-0.15, -0.1) is 0 Å². The van der Waals surface area contributed by atoms with Crippen LogP contribution in [-0.4, -0.2) is 27.5 Å². The minimum Gasteiger partial charge on any atom is -0.478 e. The second kappa shape index (κ2) is 5.33. The number of benzene rings is 1. The standard InChI is InChI=1S/C11H7BrO4/c12-5-1-2-7-6-8(10(13)14)3-4-9(7)11(15)16/h3-4,6H,5H2,(H,13,14)(H,15,16). The lowest BCUT2D eigenvalue weighted by atomic mass is 10.0. The lowest BCUT2D eigenvalue weighted by Crippen LogP contribution is -2.03. The molecule has 82 valence electrons. The van der Waals surface area contributed by atoms with Crippen molar-refractivity contribution in [2.24, 2.45) is 0 Å². The summed E-state index contributed by atoms with van der Waals surface area (Å²) in [5.41, 5.74) is 0.217. The number of rotatable bonds is 2. The lowest BCUT2D eigenvalue weighted by Gasteiger charge is -2.00. The van der Waals surface area contributed by atoms with E-state index >= 15 is 0 Å². The van der Waals surface area contributed by atoms with Gasteiger partial charge < -0.3 is 10.2 Å². The predicted octanol–water partition coefficient (Wildman–Crippen LogP) is 1.83. The van der Waals surface area contributed by atoms with Crippen LogP contribution in [0.5, 0.6) is 0 Å². The normalized spacial score (nSPS) is 9.06. The summed E-state index contributed by atoms with van der Waals surface area (Å²) in [6.07, 6.45) is 0. The second-order valence-electron chi connectivity index (χ2n) is 2.81. The molecule has 5 heteroatoms. The lowest BCUT2D eigenvalue weighted by molar-refractivity contribution is 0.0681. The van der Waals surface area contributed by atoms with Crippen molar-refractivity contribution in [3.05, 3.63) is 34.9 Å². The molecule has 0 radical (unpaired) electrons. The van der Waals surface area contributed by atoms with Crippen LogP contribution in [-0.2, 0) is 0 Å². The van der Waals surface area contributed by atoms with E-state index < -0.39 is 11.9 Å². The number of alkyl halides is 1. The largest absolute Gasteiger partial charge is 0.478 e. The van der Waals surface area contributed by atoms with Gasteiger partial charge in [-0.2, -0.15) is 0 Å². The Morgan fingerprint density at radius 1 is 1.25 bits per heavy atom. The Labute approximate surface area is 100 Å². The molecule has 0 aromatic heterocycles. The van der Waals surface area contributed by atoms with Gasteiger partial charge >= 0.3 is 11.9 Å². The van der Waals surface area contributed by atoms with Gasteiger partial charge in [0.1, 0.15) is 0 Å². The van der Waals surface area contributed by atoms with Crippen LogP contribution in [0.15, 0.2) is 18.2 Å². The van der Waals surface area contributed by atoms with Crippen molar-refractivity contribution in [2.75, 3.05) is 5.33 Å². The van der Waals surface area contributed by atoms with Gasteiger partial charge in [-0.25, -0.2) is 9.59 Å². The van der Waals surface area contributed by atoms with E-state index in [0.717, 1.165) is 0 Å². The molecular weight excluding hydrogens is 276 g/mol. The highest BCUT2D eigenvalue weighted by Gasteiger charge is 2.11. The zero-order chi connectivity index (χ0) is 12.1. The molecule has 0 atom stereocenters. The monoisotopic (exact) mass is 282 g/mol. The Balaban J connectivity index is 3.32. The first-order chi connectivity index (χ1) is 7.56. The highest BCUT2D eigenvalue weighted by molar-refractivity contribution is 9.09. The Hall–Kier alpha value is -1.80. The van der Waals surface area contributed by atoms with Crippen LogP contribution in [0.25, 0.3) is 0 Å². The molecule has 0 unspecified atom stereocenters. The summed E-state index contributed by atoms with van der Waals surface area (Å²) in [6, 6.07) is 3.73. The molecule has 4 nitrogen and oxygen atoms in total. The van der Waals surface area contributed by atoms with Crippen LogP contribution in [0.2, 0.25) is 0 Å². The predicted molar refractivity (Wildman–Crippen MR) is 61.0 cm³/mol. The SMILES string of the molecule is O=C(O)c1ccc(C(=O)O)c(C#CCBr)c1. The number of hydrogen-bond acceptors (Lipinski definition) is 2. The minimum atomic E-state index is -1.13. The molecule has 16 heavy (non-hydrogen) atoms. The average Bonchev–Trinajstić information content (AvgIpc) is 2.25. The Bertz CT molecular complexity index is 496. The number of carbonyl (C=O) groups is 2. The fourth-order valence-corrected chi connectivity index (χ4v) is 1.24. The van der Waals surface area contributed by atoms with Gasteiger partial charge in [-0.1, -0.05) is 27.8 Å². The van der Waals surface area contributed by atoms with Crippen LogP contribution in [0.4, 0.5) is 0 Å². The van der Waals surface area contributed by atoms with Gasteiger partial charge in [-0.05, 0) is 18.2 Å². The molecule has 1 aromatic rings. The summed E-state index contributed by atoms with van der Waals surface area (Å²) in [5, 5.41) is 18.0. The summed E-state index contributed by atoms with van der Waals surface area (Å²) in [7, 11) is 0. The van der Waals surface area contributed by atoms with E-state index in [9.17, 15) is 9.59 Å². The topological polar surface area (TPSA) is 74.6 Å². The van der Waals surface area contributed by atoms with E-state index in [2.05, 4.69) is 27.8 Å². The Morgan fingerprint density at radius 3 is 2.44 bits per heavy atom. The smallest absolute Gasteiger partial charge is 0.336 e. The number of hydrogen-bond donors (Lipinski definition) is 2. The van der Waals surface area contributed by atoms with Crippen molar-refractivity contribution < 1.29 is 19.8 Å². The first-order valence-corrected chi connectivity index (χ1v) is 5.34. The molecule has 0 saturated heterocycles. The van der Waals surface area contributed by atoms with Crippen molar-refractivity contribution in [3.63, 3.8) is 0 Å². The summed E-state index contributed by atoms with van der Waals surface area (Å²) in [4.78, 5) is 21.5. The molecule has 0 spiro atoms. The second-order valence-corrected chi connectivity index (χ2v) is 3.37. The number of halogens is 1. The molecule has 0 amide bonds. The Morgan fingerprint density at radius 2 is 1.94 bits per heavy atom. The Kier molecular flexibility index (Phi) is 4.09. The van der Waals surface area contributed by atoms with E-state index in [1.165, 1.54) is 18.2 Å². The highest BCUT2D eigenvalue weighted by atomic mass is 79.9. The third kappa shape index (κ3) is 2.84. The molecule has 1 rings (SSSR count). The van der Waals surface area contributed by atoms with Gasteiger partial charge in [-0.3, -0.25) is 0 Å². The quantitative estimate of drug-likeness (QED) is 0.641. The van der Waals surface area contributed by atoms with Crippen molar-refractivity contribution in [1.29, 1.82) is 0 Å². The number of carboxylic acid groups (broad SMARTS) is 2. The fourth-order valence-electron chi connectivity index (χ4n) is 1.10. The molecule has 0 saturated carbocycles. The minimum absolute atomic E-state index is 0.00144. The van der Waals surface area contributed by atoms with Gasteiger partial charge in [0.05, 0.1) is 16.5 Å². The van der Waals surface area contributed by atoms with Gasteiger partial charge in [0, 0.05) is 5.56 Å². The van der Waals surface area contributed by atoms with Crippen LogP contribution in [0.1, 0.15) is 26.3 Å². The maximum Gasteiger partial charge on any atom is 0.336 e. The van der Waals surface area contributed by atoms with Crippen molar-refractivity contribution in [1.82, 2.24) is 0 Å². The fraction of sp³-hybridized carbons (Fsp3) is 0.0909. The van der Waals surface area contributed by atoms with Crippen LogP contribution in [0, 0.1) is 11.8 Å². The summed E-state index contributed by atoms with van der Waals surface area (Å²) >= 11 is 3.08. The number of aromatic carboxylic acids is 2. The maximum atomic E-state index is 10.8. The third-order valence-electron chi connectivity index (χ3n) is 1.79. The average molecular weight is 283 g/mol. The molecule has 0 aliphatic carbocycles. The first-order valence-electron chi connectivity index (χ1n) is 4.21. The molecule has 0 bridgehead atoms. The highest BCUT2D eigenvalue weighted by Crippen LogP contribution is 2.11. The molecule has 0 aliphatic rings. The summed E-state index contributed by atoms with van der Waals surface area (Å²) in [5.74, 6) is 2.99. The van der Waals surface area contributed by atoms with Gasteiger partial charge in [0.25, 0.3) is 0 Å². The molecule has 0 fully saturated rings. The number of carboxylic acids is 2. The van der Waals surface area contributed by atoms with Crippen LogP contribution >= 0.6 is 15.9 Å². The van der Waals surface area contributed by atoms with Crippen LogP contribution in [0.3, 0.4) is 0 Å². The molecule has 0 aliphatic heterocycles. The van der Waals surface area contributed by atoms with E-state index in [1.807, 2.05) is 0 Å². The molecule has 2 N–H and O–H groups in total.